The van der Waals surface area contributed by atoms with E-state index in [0.717, 1.165) is 0 Å². The summed E-state index contributed by atoms with van der Waals surface area (Å²) in [6, 6.07) is 0. The van der Waals surface area contributed by atoms with E-state index >= 15 is 0 Å². The smallest absolute Gasteiger partial charge is 0.0634 e. The summed E-state index contributed by atoms with van der Waals surface area (Å²) in [6.07, 6.45) is -0.940. The minimum atomic E-state index is -1.37. The number of carbonyl (C=O) groups is 2. The van der Waals surface area contributed by atoms with Crippen molar-refractivity contribution in [3.05, 3.63) is 0 Å². The molecule has 0 atom stereocenters. The third kappa shape index (κ3) is 36.7. The van der Waals surface area contributed by atoms with Crippen molar-refractivity contribution in [1.29, 1.82) is 0 Å². The molecule has 0 amide bonds. The fraction of sp³-hybridized carbons (Fsp3) is 0.667. The summed E-state index contributed by atoms with van der Waals surface area (Å²) in [4.78, 5) is 19.0. The Morgan fingerprint density at radius 1 is 0.917 bits per heavy atom. The summed E-state index contributed by atoms with van der Waals surface area (Å²) in [5, 5.41) is 19.0. The van der Waals surface area contributed by atoms with Crippen LogP contribution in [0, 0.1) is 0 Å². The number of hydrogen-bond donors (Lipinski definition) is 2. The van der Waals surface area contributed by atoms with Gasteiger partial charge in [0.1, 0.15) is 0 Å². The van der Waals surface area contributed by atoms with Gasteiger partial charge in [-0.2, -0.15) is 0 Å². The molecule has 0 aliphatic heterocycles. The second-order valence-corrected chi connectivity index (χ2v) is 1.24. The van der Waals surface area contributed by atoms with E-state index < -0.39 is 24.8 Å². The maximum Gasteiger partial charge on any atom is 0.0634 e. The van der Waals surface area contributed by atoms with Gasteiger partial charge in [0.15, 0.2) is 0 Å². The number of hydrogen-bond acceptors (Lipinski definition) is 4. The number of quaternary nitrogens is 2. The fourth-order valence-electron chi connectivity index (χ4n) is 0.204. The first-order chi connectivity index (χ1) is 5.63. The van der Waals surface area contributed by atoms with Gasteiger partial charge >= 0.3 is 0 Å². The molecule has 0 saturated heterocycles. The molecule has 0 rings (SSSR count). The lowest BCUT2D eigenvalue weighted by atomic mass is 10.3. The third-order valence-corrected chi connectivity index (χ3v) is 0.533. The van der Waals surface area contributed by atoms with E-state index in [9.17, 15) is 19.8 Å². The van der Waals surface area contributed by atoms with Gasteiger partial charge in [-0.3, -0.25) is 0 Å². The zero-order valence-electron chi connectivity index (χ0n) is 7.46. The van der Waals surface area contributed by atoms with E-state index in [4.69, 9.17) is 0 Å². The van der Waals surface area contributed by atoms with Crippen molar-refractivity contribution in [2.24, 2.45) is 0 Å². The molecular formula is C6H16N2O4. The van der Waals surface area contributed by atoms with Gasteiger partial charge in [-0.1, -0.05) is 0 Å². The van der Waals surface area contributed by atoms with Gasteiger partial charge < -0.3 is 31.3 Å². The molecule has 0 aromatic carbocycles. The Morgan fingerprint density at radius 2 is 1.08 bits per heavy atom. The molecule has 12 heavy (non-hydrogen) atoms. The van der Waals surface area contributed by atoms with Crippen molar-refractivity contribution in [2.75, 3.05) is 14.1 Å². The van der Waals surface area contributed by atoms with Crippen LogP contribution >= 0.6 is 0 Å². The Bertz CT molecular complexity index is 102. The van der Waals surface area contributed by atoms with E-state index in [1.54, 1.807) is 14.1 Å². The lowest BCUT2D eigenvalue weighted by molar-refractivity contribution is -0.325. The van der Waals surface area contributed by atoms with E-state index in [0.29, 0.717) is 0 Å². The Labute approximate surface area is 71.2 Å². The van der Waals surface area contributed by atoms with Crippen LogP contribution in [0.15, 0.2) is 0 Å². The molecule has 0 aromatic heterocycles. The Kier molecular flexibility index (Phi) is 23.4. The van der Waals surface area contributed by atoms with Crippen LogP contribution in [0.25, 0.3) is 0 Å². The monoisotopic (exact) mass is 180 g/mol. The molecule has 0 fully saturated rings. The zero-order valence-corrected chi connectivity index (χ0v) is 7.46. The highest BCUT2D eigenvalue weighted by molar-refractivity contribution is 5.72. The molecule has 0 aliphatic rings. The van der Waals surface area contributed by atoms with Crippen molar-refractivity contribution in [2.45, 2.75) is 12.8 Å². The summed E-state index contributed by atoms with van der Waals surface area (Å²) in [5.41, 5.74) is 6.50. The fourth-order valence-corrected chi connectivity index (χ4v) is 0.204. The molecule has 0 spiro atoms. The maximum absolute atomic E-state index is 9.50. The molecule has 74 valence electrons. The first-order valence-electron chi connectivity index (χ1n) is 3.44. The molecule has 0 unspecified atom stereocenters. The second-order valence-electron chi connectivity index (χ2n) is 1.24. The summed E-state index contributed by atoms with van der Waals surface area (Å²) < 4.78 is 0. The predicted octanol–water partition coefficient (Wildman–Crippen LogP) is -5.02. The van der Waals surface area contributed by atoms with Crippen LogP contribution in [0.4, 0.5) is 0 Å². The Balaban J connectivity index is -0.000000175. The second kappa shape index (κ2) is 16.4. The van der Waals surface area contributed by atoms with E-state index in [1.807, 2.05) is 0 Å². The number of carboxylic acid groups (broad SMARTS) is 2. The lowest BCUT2D eigenvalue weighted by Gasteiger charge is -2.00. The molecule has 6 nitrogen and oxygen atoms in total. The average molecular weight is 180 g/mol. The summed E-state index contributed by atoms with van der Waals surface area (Å²) in [6.45, 7) is 0. The highest BCUT2D eigenvalue weighted by atomic mass is 16.4. The van der Waals surface area contributed by atoms with Crippen LogP contribution < -0.4 is 21.7 Å². The first kappa shape index (κ1) is 17.1. The zero-order chi connectivity index (χ0) is 10.6. The Morgan fingerprint density at radius 3 is 1.17 bits per heavy atom. The van der Waals surface area contributed by atoms with Gasteiger partial charge in [-0.15, -0.1) is 0 Å². The topological polar surface area (TPSA) is 136 Å². The molecule has 0 aliphatic carbocycles. The van der Waals surface area contributed by atoms with Gasteiger partial charge in [0.2, 0.25) is 0 Å². The number of carboxylic acids is 2. The van der Waals surface area contributed by atoms with Crippen LogP contribution in [-0.2, 0) is 9.59 Å². The number of aliphatic carboxylic acids is 2. The SMILES string of the molecule is C[NH3+].C[NH3+].O=C([O-])CCC(=O)[O-]. The van der Waals surface area contributed by atoms with E-state index in [2.05, 4.69) is 11.5 Å². The summed E-state index contributed by atoms with van der Waals surface area (Å²) in [7, 11) is 3.50. The summed E-state index contributed by atoms with van der Waals surface area (Å²) in [5.74, 6) is -2.73. The van der Waals surface area contributed by atoms with Gasteiger partial charge in [-0.05, 0) is 12.8 Å². The van der Waals surface area contributed by atoms with Crippen molar-refractivity contribution in [3.63, 3.8) is 0 Å². The standard InChI is InChI=1S/C4H6O4.2CH5N/c5-3(6)1-2-4(7)8;2*1-2/h1-2H2,(H,5,6)(H,7,8);2*2H2,1H3. The molecule has 0 radical (unpaired) electrons. The lowest BCUT2D eigenvalue weighted by Crippen LogP contribution is -2.40. The number of carbonyl (C=O) groups excluding carboxylic acids is 2. The quantitative estimate of drug-likeness (QED) is 0.449. The number of rotatable bonds is 3. The Hall–Kier alpha value is -1.14. The highest BCUT2D eigenvalue weighted by Crippen LogP contribution is 1.81. The van der Waals surface area contributed by atoms with Crippen molar-refractivity contribution >= 4 is 11.9 Å². The highest BCUT2D eigenvalue weighted by Gasteiger charge is 1.85. The molecule has 0 heterocycles. The molecule has 6 N–H and O–H groups in total. The minimum absolute atomic E-state index is 0.470. The van der Waals surface area contributed by atoms with Gasteiger partial charge in [0.05, 0.1) is 14.1 Å². The average Bonchev–Trinajstić information content (AvgIpc) is 2.08. The molecule has 0 bridgehead atoms. The minimum Gasteiger partial charge on any atom is -0.550 e. The maximum atomic E-state index is 9.50. The predicted molar refractivity (Wildman–Crippen MR) is 36.9 cm³/mol. The molecule has 6 heteroatoms. The largest absolute Gasteiger partial charge is 0.550 e. The van der Waals surface area contributed by atoms with Crippen molar-refractivity contribution < 1.29 is 31.3 Å². The summed E-state index contributed by atoms with van der Waals surface area (Å²) >= 11 is 0. The van der Waals surface area contributed by atoms with Gasteiger partial charge in [0.25, 0.3) is 0 Å². The van der Waals surface area contributed by atoms with Gasteiger partial charge in [-0.25, -0.2) is 0 Å². The van der Waals surface area contributed by atoms with Gasteiger partial charge in [0, 0.05) is 11.9 Å². The van der Waals surface area contributed by atoms with Crippen LogP contribution in [0.3, 0.4) is 0 Å². The van der Waals surface area contributed by atoms with Crippen molar-refractivity contribution in [3.8, 4) is 0 Å². The third-order valence-electron chi connectivity index (χ3n) is 0.533. The molecule has 0 aromatic rings. The normalized spacial score (nSPS) is 6.67. The van der Waals surface area contributed by atoms with Crippen molar-refractivity contribution in [1.82, 2.24) is 0 Å². The van der Waals surface area contributed by atoms with Crippen LogP contribution in [0.2, 0.25) is 0 Å². The first-order valence-corrected chi connectivity index (χ1v) is 3.44. The molecular weight excluding hydrogens is 164 g/mol. The molecule has 0 saturated carbocycles. The van der Waals surface area contributed by atoms with E-state index in [-0.39, 0.29) is 0 Å². The van der Waals surface area contributed by atoms with Crippen LogP contribution in [0.1, 0.15) is 12.8 Å². The van der Waals surface area contributed by atoms with Crippen LogP contribution in [-0.4, -0.2) is 26.0 Å². The van der Waals surface area contributed by atoms with Crippen LogP contribution in [0.5, 0.6) is 0 Å². The van der Waals surface area contributed by atoms with E-state index in [1.165, 1.54) is 0 Å².